The van der Waals surface area contributed by atoms with Crippen LogP contribution >= 0.6 is 0 Å². The van der Waals surface area contributed by atoms with Crippen LogP contribution in [-0.2, 0) is 6.42 Å². The number of aromatic nitrogens is 5. The average Bonchev–Trinajstić information content (AvgIpc) is 3.79. The smallest absolute Gasteiger partial charge is 0.164 e. The third kappa shape index (κ3) is 5.50. The lowest BCUT2D eigenvalue weighted by atomic mass is 9.88. The zero-order valence-electron chi connectivity index (χ0n) is 32.3. The van der Waals surface area contributed by atoms with Crippen LogP contribution in [0.2, 0.25) is 0 Å². The van der Waals surface area contributed by atoms with Gasteiger partial charge in [-0.05, 0) is 72.5 Å². The molecule has 7 aromatic carbocycles. The molecule has 3 heterocycles. The largest absolute Gasteiger partial charge is 0.313 e. The van der Waals surface area contributed by atoms with Crippen molar-refractivity contribution in [3.63, 3.8) is 0 Å². The van der Waals surface area contributed by atoms with Crippen molar-refractivity contribution >= 4 is 44.5 Å². The summed E-state index contributed by atoms with van der Waals surface area (Å²) < 4.78 is 5.00. The first-order valence-electron chi connectivity index (χ1n) is 20.0. The molecule has 5 heteroatoms. The molecular formula is C53H39N5. The van der Waals surface area contributed by atoms with Gasteiger partial charge in [-0.25, -0.2) is 15.0 Å². The summed E-state index contributed by atoms with van der Waals surface area (Å²) in [7, 11) is 0. The summed E-state index contributed by atoms with van der Waals surface area (Å²) in [4.78, 5) is 15.2. The number of nitrogens with zero attached hydrogens (tertiary/aromatic N) is 5. The first-order valence-corrected chi connectivity index (χ1v) is 20.0. The summed E-state index contributed by atoms with van der Waals surface area (Å²) in [6.45, 7) is 4.58. The Bertz CT molecular complexity index is 3100. The predicted octanol–water partition coefficient (Wildman–Crippen LogP) is 13.1. The Morgan fingerprint density at radius 3 is 1.64 bits per heavy atom. The van der Waals surface area contributed by atoms with E-state index in [1.165, 1.54) is 66.5 Å². The molecule has 1 unspecified atom stereocenters. The van der Waals surface area contributed by atoms with E-state index in [0.29, 0.717) is 17.5 Å². The van der Waals surface area contributed by atoms with E-state index >= 15 is 0 Å². The van der Waals surface area contributed by atoms with Crippen LogP contribution in [-0.4, -0.2) is 24.1 Å². The SMILES string of the molecule is Cc1ccc(-c2nc(-c3ccccc3)nc(-c3ccccc3)n2)cc1-c1cccc2c1c1c(n2-c2ccccc2)CC(C)C(n2c3ccccc3c3ccccc32)=C1. The highest BCUT2D eigenvalue weighted by Crippen LogP contribution is 2.46. The van der Waals surface area contributed by atoms with E-state index in [9.17, 15) is 0 Å². The van der Waals surface area contributed by atoms with Gasteiger partial charge in [0, 0.05) is 61.4 Å². The molecule has 0 spiro atoms. The second-order valence-electron chi connectivity index (χ2n) is 15.3. The van der Waals surface area contributed by atoms with Gasteiger partial charge in [-0.2, -0.15) is 0 Å². The Balaban J connectivity index is 1.15. The van der Waals surface area contributed by atoms with E-state index in [1.54, 1.807) is 0 Å². The monoisotopic (exact) mass is 745 g/mol. The predicted molar refractivity (Wildman–Crippen MR) is 240 cm³/mol. The number of benzene rings is 7. The van der Waals surface area contributed by atoms with Crippen LogP contribution in [0.3, 0.4) is 0 Å². The van der Waals surface area contributed by atoms with Gasteiger partial charge in [0.25, 0.3) is 0 Å². The Kier molecular flexibility index (Phi) is 8.00. The van der Waals surface area contributed by atoms with Crippen LogP contribution in [0.4, 0.5) is 0 Å². The Morgan fingerprint density at radius 1 is 0.483 bits per heavy atom. The van der Waals surface area contributed by atoms with Crippen LogP contribution in [0.1, 0.15) is 23.7 Å². The van der Waals surface area contributed by atoms with Crippen LogP contribution in [0, 0.1) is 12.8 Å². The van der Waals surface area contributed by atoms with Gasteiger partial charge in [-0.15, -0.1) is 0 Å². The van der Waals surface area contributed by atoms with Crippen LogP contribution in [0.25, 0.3) is 95.5 Å². The lowest BCUT2D eigenvalue weighted by molar-refractivity contribution is 0.684. The molecule has 11 rings (SSSR count). The maximum Gasteiger partial charge on any atom is 0.164 e. The molecule has 1 aliphatic carbocycles. The summed E-state index contributed by atoms with van der Waals surface area (Å²) in [5, 5.41) is 3.80. The fourth-order valence-corrected chi connectivity index (χ4v) is 9.03. The zero-order valence-corrected chi connectivity index (χ0v) is 32.3. The highest BCUT2D eigenvalue weighted by atomic mass is 15.0. The third-order valence-electron chi connectivity index (χ3n) is 11.8. The van der Waals surface area contributed by atoms with Gasteiger partial charge < -0.3 is 9.13 Å². The van der Waals surface area contributed by atoms with E-state index in [0.717, 1.165) is 28.7 Å². The van der Waals surface area contributed by atoms with Gasteiger partial charge in [0.1, 0.15) is 0 Å². The van der Waals surface area contributed by atoms with Gasteiger partial charge in [-0.1, -0.05) is 146 Å². The van der Waals surface area contributed by atoms with Gasteiger partial charge in [0.05, 0.1) is 16.6 Å². The van der Waals surface area contributed by atoms with E-state index < -0.39 is 0 Å². The highest BCUT2D eigenvalue weighted by Gasteiger charge is 2.29. The molecule has 276 valence electrons. The lowest BCUT2D eigenvalue weighted by Gasteiger charge is -2.25. The Morgan fingerprint density at radius 2 is 1.02 bits per heavy atom. The number of fused-ring (bicyclic) bond motifs is 6. The fourth-order valence-electron chi connectivity index (χ4n) is 9.03. The van der Waals surface area contributed by atoms with Gasteiger partial charge in [0.15, 0.2) is 17.5 Å². The van der Waals surface area contributed by atoms with Crippen molar-refractivity contribution in [1.82, 2.24) is 24.1 Å². The van der Waals surface area contributed by atoms with Gasteiger partial charge in [-0.3, -0.25) is 0 Å². The summed E-state index contributed by atoms with van der Waals surface area (Å²) in [6.07, 6.45) is 3.39. The number of hydrogen-bond acceptors (Lipinski definition) is 3. The van der Waals surface area contributed by atoms with Crippen molar-refractivity contribution in [1.29, 1.82) is 0 Å². The lowest BCUT2D eigenvalue weighted by Crippen LogP contribution is -2.16. The summed E-state index contributed by atoms with van der Waals surface area (Å²) in [5.74, 6) is 2.22. The normalized spacial score (nSPS) is 13.9. The molecule has 3 aromatic heterocycles. The second-order valence-corrected chi connectivity index (χ2v) is 15.3. The highest BCUT2D eigenvalue weighted by molar-refractivity contribution is 6.12. The fraction of sp³-hybridized carbons (Fsp3) is 0.0755. The van der Waals surface area contributed by atoms with Crippen molar-refractivity contribution < 1.29 is 0 Å². The molecule has 0 saturated carbocycles. The summed E-state index contributed by atoms with van der Waals surface area (Å²) in [5.41, 5.74) is 15.1. The standard InChI is InChI=1S/C53H39N5/c1-34-29-30-38(53-55-51(36-17-6-3-7-18-36)54-52(56-53)37-19-8-4-9-20-37)32-43(34)42-25-16-28-47-50(42)44-33-48(35(2)31-49(44)57(47)39-21-10-5-11-22-39)58-45-26-14-12-23-40(45)41-24-13-15-27-46(41)58/h3-30,32-33,35H,31H2,1-2H3. The quantitative estimate of drug-likeness (QED) is 0.170. The van der Waals surface area contributed by atoms with E-state index in [1.807, 2.05) is 36.4 Å². The Labute approximate surface area is 337 Å². The number of aryl methyl sites for hydroxylation is 1. The minimum absolute atomic E-state index is 0.272. The molecule has 0 saturated heterocycles. The molecule has 5 nitrogen and oxygen atoms in total. The van der Waals surface area contributed by atoms with Gasteiger partial charge >= 0.3 is 0 Å². The molecule has 10 aromatic rings. The maximum absolute atomic E-state index is 5.10. The molecule has 1 aliphatic rings. The molecular weight excluding hydrogens is 707 g/mol. The third-order valence-corrected chi connectivity index (χ3v) is 11.8. The molecule has 58 heavy (non-hydrogen) atoms. The summed E-state index contributed by atoms with van der Waals surface area (Å²) >= 11 is 0. The summed E-state index contributed by atoms with van der Waals surface area (Å²) in [6, 6.07) is 62.2. The first kappa shape index (κ1) is 33.9. The molecule has 1 atom stereocenters. The molecule has 0 bridgehead atoms. The van der Waals surface area contributed by atoms with Crippen molar-refractivity contribution in [3.05, 3.63) is 193 Å². The first-order chi connectivity index (χ1) is 28.6. The van der Waals surface area contributed by atoms with E-state index in [-0.39, 0.29) is 5.92 Å². The van der Waals surface area contributed by atoms with Gasteiger partial charge in [0.2, 0.25) is 0 Å². The number of para-hydroxylation sites is 3. The topological polar surface area (TPSA) is 48.5 Å². The molecule has 0 radical (unpaired) electrons. The molecule has 0 N–H and O–H groups in total. The van der Waals surface area contributed by atoms with Crippen LogP contribution in [0.15, 0.2) is 176 Å². The molecule has 0 aliphatic heterocycles. The Hall–Kier alpha value is -7.37. The minimum atomic E-state index is 0.272. The number of allylic oxidation sites excluding steroid dienone is 1. The van der Waals surface area contributed by atoms with Crippen LogP contribution < -0.4 is 0 Å². The second kappa shape index (κ2) is 13.7. The van der Waals surface area contributed by atoms with E-state index in [2.05, 4.69) is 169 Å². The average molecular weight is 746 g/mol. The van der Waals surface area contributed by atoms with Crippen molar-refractivity contribution in [2.75, 3.05) is 0 Å². The van der Waals surface area contributed by atoms with Crippen molar-refractivity contribution in [3.8, 4) is 51.0 Å². The molecule has 0 fully saturated rings. The minimum Gasteiger partial charge on any atom is -0.313 e. The van der Waals surface area contributed by atoms with Crippen LogP contribution in [0.5, 0.6) is 0 Å². The van der Waals surface area contributed by atoms with E-state index in [4.69, 9.17) is 15.0 Å². The van der Waals surface area contributed by atoms with Crippen molar-refractivity contribution in [2.45, 2.75) is 20.3 Å². The molecule has 0 amide bonds. The zero-order chi connectivity index (χ0) is 38.7. The maximum atomic E-state index is 5.10. The van der Waals surface area contributed by atoms with Crippen molar-refractivity contribution in [2.24, 2.45) is 5.92 Å². The number of rotatable bonds is 6. The number of hydrogen-bond donors (Lipinski definition) is 0.